The van der Waals surface area contributed by atoms with Crippen LogP contribution in [-0.2, 0) is 12.8 Å². The maximum atomic E-state index is 4.66. The Balaban J connectivity index is 1.32. The van der Waals surface area contributed by atoms with Gasteiger partial charge in [-0.1, -0.05) is 71.3 Å². The second-order valence-electron chi connectivity index (χ2n) is 9.61. The molecule has 0 spiro atoms. The van der Waals surface area contributed by atoms with Crippen LogP contribution < -0.4 is 0 Å². The van der Waals surface area contributed by atoms with Gasteiger partial charge in [-0.05, 0) is 80.2 Å². The maximum Gasteiger partial charge on any atom is 0.0403 e. The van der Waals surface area contributed by atoms with Crippen molar-refractivity contribution in [2.75, 3.05) is 0 Å². The van der Waals surface area contributed by atoms with E-state index in [-0.39, 0.29) is 0 Å². The van der Waals surface area contributed by atoms with Crippen LogP contribution in [0.25, 0.3) is 0 Å². The topological polar surface area (TPSA) is 12.9 Å². The standard InChI is InChI=1S/C26H43N/c1-3-5-6-7-22-8-14-24(15-9-22)25-16-10-23(11-17-25)13-19-26-18-12-21(4-2)20-27-26/h12,18,20,22-25H,3-11,13-17,19H2,1-2H3. The smallest absolute Gasteiger partial charge is 0.0403 e. The summed E-state index contributed by atoms with van der Waals surface area (Å²) in [5.41, 5.74) is 2.66. The fourth-order valence-electron chi connectivity index (χ4n) is 5.74. The predicted octanol–water partition coefficient (Wildman–Crippen LogP) is 7.77. The van der Waals surface area contributed by atoms with E-state index in [9.17, 15) is 0 Å². The minimum absolute atomic E-state index is 0.958. The molecule has 0 N–H and O–H groups in total. The zero-order valence-electron chi connectivity index (χ0n) is 18.1. The molecule has 0 saturated heterocycles. The van der Waals surface area contributed by atoms with Crippen LogP contribution in [0.3, 0.4) is 0 Å². The number of nitrogens with zero attached hydrogens (tertiary/aromatic N) is 1. The minimum Gasteiger partial charge on any atom is -0.261 e. The van der Waals surface area contributed by atoms with Crippen LogP contribution in [0.5, 0.6) is 0 Å². The van der Waals surface area contributed by atoms with Crippen molar-refractivity contribution < 1.29 is 0 Å². The molecule has 2 aliphatic rings. The minimum atomic E-state index is 0.958. The first-order chi connectivity index (χ1) is 13.3. The quantitative estimate of drug-likeness (QED) is 0.405. The van der Waals surface area contributed by atoms with Crippen molar-refractivity contribution >= 4 is 0 Å². The summed E-state index contributed by atoms with van der Waals surface area (Å²) >= 11 is 0. The molecule has 1 aromatic rings. The van der Waals surface area contributed by atoms with Crippen molar-refractivity contribution in [3.05, 3.63) is 29.6 Å². The van der Waals surface area contributed by atoms with E-state index in [4.69, 9.17) is 0 Å². The average molecular weight is 370 g/mol. The molecule has 0 radical (unpaired) electrons. The molecule has 0 aliphatic heterocycles. The van der Waals surface area contributed by atoms with E-state index >= 15 is 0 Å². The SMILES string of the molecule is CCCCCC1CCC(C2CCC(CCc3ccc(CC)cn3)CC2)CC1. The number of unbranched alkanes of at least 4 members (excludes halogenated alkanes) is 2. The Morgan fingerprint density at radius 3 is 1.93 bits per heavy atom. The third-order valence-electron chi connectivity index (χ3n) is 7.77. The summed E-state index contributed by atoms with van der Waals surface area (Å²) in [4.78, 5) is 4.66. The van der Waals surface area contributed by atoms with Crippen LogP contribution in [0.4, 0.5) is 0 Å². The second-order valence-corrected chi connectivity index (χ2v) is 9.61. The summed E-state index contributed by atoms with van der Waals surface area (Å²) in [5.74, 6) is 4.14. The van der Waals surface area contributed by atoms with Crippen LogP contribution in [0.2, 0.25) is 0 Å². The number of aryl methyl sites for hydroxylation is 2. The molecule has 0 aromatic carbocycles. The molecule has 3 rings (SSSR count). The molecule has 0 amide bonds. The Bertz CT molecular complexity index is 504. The van der Waals surface area contributed by atoms with Gasteiger partial charge in [0.1, 0.15) is 0 Å². The fraction of sp³-hybridized carbons (Fsp3) is 0.808. The van der Waals surface area contributed by atoms with Gasteiger partial charge in [0.05, 0.1) is 0 Å². The van der Waals surface area contributed by atoms with Crippen molar-refractivity contribution in [3.63, 3.8) is 0 Å². The van der Waals surface area contributed by atoms with E-state index in [1.54, 1.807) is 12.8 Å². The van der Waals surface area contributed by atoms with Gasteiger partial charge in [0, 0.05) is 11.9 Å². The van der Waals surface area contributed by atoms with E-state index in [1.165, 1.54) is 88.3 Å². The molecule has 0 bridgehead atoms. The Kier molecular flexibility index (Phi) is 8.68. The van der Waals surface area contributed by atoms with Gasteiger partial charge in [-0.3, -0.25) is 4.98 Å². The van der Waals surface area contributed by atoms with E-state index in [2.05, 4.69) is 37.2 Å². The highest BCUT2D eigenvalue weighted by atomic mass is 14.7. The molecule has 1 heteroatoms. The Morgan fingerprint density at radius 1 is 0.778 bits per heavy atom. The molecule has 1 aromatic heterocycles. The zero-order valence-corrected chi connectivity index (χ0v) is 18.1. The van der Waals surface area contributed by atoms with Crippen LogP contribution in [0, 0.1) is 23.7 Å². The lowest BCUT2D eigenvalue weighted by molar-refractivity contribution is 0.140. The number of aromatic nitrogens is 1. The van der Waals surface area contributed by atoms with Gasteiger partial charge in [-0.2, -0.15) is 0 Å². The van der Waals surface area contributed by atoms with Crippen LogP contribution in [-0.4, -0.2) is 4.98 Å². The van der Waals surface area contributed by atoms with Crippen molar-refractivity contribution in [1.29, 1.82) is 0 Å². The zero-order chi connectivity index (χ0) is 18.9. The molecular weight excluding hydrogens is 326 g/mol. The summed E-state index contributed by atoms with van der Waals surface area (Å²) in [7, 11) is 0. The lowest BCUT2D eigenvalue weighted by Crippen LogP contribution is -2.26. The molecule has 2 aliphatic carbocycles. The summed E-state index contributed by atoms with van der Waals surface area (Å²) in [6.45, 7) is 4.53. The number of hydrogen-bond acceptors (Lipinski definition) is 1. The van der Waals surface area contributed by atoms with Gasteiger partial charge in [-0.25, -0.2) is 0 Å². The first kappa shape index (κ1) is 20.9. The van der Waals surface area contributed by atoms with Crippen molar-refractivity contribution in [3.8, 4) is 0 Å². The first-order valence-corrected chi connectivity index (χ1v) is 12.2. The number of hydrogen-bond donors (Lipinski definition) is 0. The Morgan fingerprint density at radius 2 is 1.41 bits per heavy atom. The number of pyridine rings is 1. The molecule has 2 fully saturated rings. The molecule has 27 heavy (non-hydrogen) atoms. The van der Waals surface area contributed by atoms with E-state index in [0.29, 0.717) is 0 Å². The monoisotopic (exact) mass is 369 g/mol. The predicted molar refractivity (Wildman–Crippen MR) is 117 cm³/mol. The summed E-state index contributed by atoms with van der Waals surface area (Å²) in [6, 6.07) is 4.52. The van der Waals surface area contributed by atoms with Gasteiger partial charge < -0.3 is 0 Å². The summed E-state index contributed by atoms with van der Waals surface area (Å²) in [6.07, 6.45) is 23.7. The molecule has 2 saturated carbocycles. The van der Waals surface area contributed by atoms with Crippen molar-refractivity contribution in [2.45, 2.75) is 110 Å². The van der Waals surface area contributed by atoms with Gasteiger partial charge >= 0.3 is 0 Å². The third kappa shape index (κ3) is 6.61. The molecule has 0 unspecified atom stereocenters. The highest BCUT2D eigenvalue weighted by molar-refractivity contribution is 5.14. The van der Waals surface area contributed by atoms with E-state index in [1.807, 2.05) is 0 Å². The maximum absolute atomic E-state index is 4.66. The largest absolute Gasteiger partial charge is 0.261 e. The normalized spacial score (nSPS) is 29.0. The Labute approximate surface area is 168 Å². The highest BCUT2D eigenvalue weighted by Gasteiger charge is 2.30. The van der Waals surface area contributed by atoms with Gasteiger partial charge in [0.2, 0.25) is 0 Å². The van der Waals surface area contributed by atoms with Crippen molar-refractivity contribution in [2.24, 2.45) is 23.7 Å². The highest BCUT2D eigenvalue weighted by Crippen LogP contribution is 2.43. The molecule has 152 valence electrons. The second kappa shape index (κ2) is 11.2. The van der Waals surface area contributed by atoms with Crippen LogP contribution >= 0.6 is 0 Å². The fourth-order valence-corrected chi connectivity index (χ4v) is 5.74. The Hall–Kier alpha value is -0.850. The first-order valence-electron chi connectivity index (χ1n) is 12.2. The van der Waals surface area contributed by atoms with Crippen LogP contribution in [0.15, 0.2) is 18.3 Å². The van der Waals surface area contributed by atoms with Gasteiger partial charge in [-0.15, -0.1) is 0 Å². The van der Waals surface area contributed by atoms with E-state index in [0.717, 1.165) is 30.1 Å². The lowest BCUT2D eigenvalue weighted by atomic mass is 9.68. The molecular formula is C26H43N. The summed E-state index contributed by atoms with van der Waals surface area (Å²) < 4.78 is 0. The third-order valence-corrected chi connectivity index (χ3v) is 7.77. The molecule has 1 heterocycles. The van der Waals surface area contributed by atoms with E-state index < -0.39 is 0 Å². The van der Waals surface area contributed by atoms with Crippen molar-refractivity contribution in [1.82, 2.24) is 4.98 Å². The van der Waals surface area contributed by atoms with Gasteiger partial charge in [0.25, 0.3) is 0 Å². The summed E-state index contributed by atoms with van der Waals surface area (Å²) in [5, 5.41) is 0. The average Bonchev–Trinajstić information content (AvgIpc) is 2.74. The van der Waals surface area contributed by atoms with Crippen LogP contribution in [0.1, 0.15) is 109 Å². The number of rotatable bonds is 9. The molecule has 0 atom stereocenters. The van der Waals surface area contributed by atoms with Gasteiger partial charge in [0.15, 0.2) is 0 Å². The lowest BCUT2D eigenvalue weighted by Gasteiger charge is -2.38. The molecule has 1 nitrogen and oxygen atoms in total.